The van der Waals surface area contributed by atoms with Gasteiger partial charge in [0.25, 0.3) is 0 Å². The minimum atomic E-state index is -0.665. The molecule has 2 heterocycles. The maximum Gasteiger partial charge on any atom is 0.246 e. The molecule has 1 aromatic rings. The van der Waals surface area contributed by atoms with Gasteiger partial charge in [-0.25, -0.2) is 0 Å². The van der Waals surface area contributed by atoms with Crippen LogP contribution in [0.5, 0.6) is 0 Å². The van der Waals surface area contributed by atoms with Gasteiger partial charge in [-0.2, -0.15) is 0 Å². The first-order valence-electron chi connectivity index (χ1n) is 10.1. The van der Waals surface area contributed by atoms with Crippen molar-refractivity contribution in [2.75, 3.05) is 0 Å². The van der Waals surface area contributed by atoms with Crippen molar-refractivity contribution in [3.63, 3.8) is 0 Å². The number of carbonyl (C=O) groups is 3. The maximum atomic E-state index is 12.9. The van der Waals surface area contributed by atoms with Crippen LogP contribution in [0, 0.1) is 0 Å². The number of amides is 3. The van der Waals surface area contributed by atoms with Gasteiger partial charge in [-0.1, -0.05) is 30.3 Å². The van der Waals surface area contributed by atoms with Gasteiger partial charge in [0.05, 0.1) is 6.04 Å². The van der Waals surface area contributed by atoms with Crippen molar-refractivity contribution >= 4 is 17.7 Å². The molecular formula is C21H30N4O3. The van der Waals surface area contributed by atoms with Gasteiger partial charge in [-0.3, -0.25) is 14.4 Å². The Kier molecular flexibility index (Phi) is 6.34. The Bertz CT molecular complexity index is 722. The van der Waals surface area contributed by atoms with Crippen molar-refractivity contribution in [2.24, 2.45) is 5.73 Å². The van der Waals surface area contributed by atoms with Crippen LogP contribution in [0.4, 0.5) is 0 Å². The molecule has 2 saturated heterocycles. The molecule has 4 N–H and O–H groups in total. The average Bonchev–Trinajstić information content (AvgIpc) is 3.09. The molecule has 2 fully saturated rings. The van der Waals surface area contributed by atoms with Crippen molar-refractivity contribution in [1.29, 1.82) is 0 Å². The predicted octanol–water partition coefficient (Wildman–Crippen LogP) is 0.719. The second-order valence-corrected chi connectivity index (χ2v) is 8.02. The third-order valence-electron chi connectivity index (χ3n) is 5.65. The molecule has 2 aliphatic rings. The van der Waals surface area contributed by atoms with Gasteiger partial charge in [0.1, 0.15) is 12.1 Å². The number of fused-ring (bicyclic) bond motifs is 1. The number of nitrogens with one attached hydrogen (secondary N) is 2. The number of piperidine rings is 1. The lowest BCUT2D eigenvalue weighted by atomic mass is 9.97. The molecule has 152 valence electrons. The quantitative estimate of drug-likeness (QED) is 0.670. The highest BCUT2D eigenvalue weighted by Gasteiger charge is 2.46. The molecule has 0 saturated carbocycles. The Morgan fingerprint density at radius 2 is 1.82 bits per heavy atom. The fourth-order valence-corrected chi connectivity index (χ4v) is 4.21. The molecule has 0 aliphatic carbocycles. The molecule has 7 nitrogen and oxygen atoms in total. The lowest BCUT2D eigenvalue weighted by Crippen LogP contribution is -2.60. The number of carbonyl (C=O) groups excluding carboxylic acids is 3. The minimum absolute atomic E-state index is 0.0255. The zero-order valence-electron chi connectivity index (χ0n) is 16.6. The van der Waals surface area contributed by atoms with Crippen molar-refractivity contribution in [3.05, 3.63) is 35.9 Å². The predicted molar refractivity (Wildman–Crippen MR) is 106 cm³/mol. The van der Waals surface area contributed by atoms with Crippen molar-refractivity contribution in [2.45, 2.75) is 76.2 Å². The molecular weight excluding hydrogens is 356 g/mol. The van der Waals surface area contributed by atoms with Gasteiger partial charge >= 0.3 is 0 Å². The Morgan fingerprint density at radius 3 is 2.50 bits per heavy atom. The van der Waals surface area contributed by atoms with Gasteiger partial charge in [0.15, 0.2) is 0 Å². The smallest absolute Gasteiger partial charge is 0.246 e. The topological polar surface area (TPSA) is 105 Å². The summed E-state index contributed by atoms with van der Waals surface area (Å²) in [7, 11) is 0. The van der Waals surface area contributed by atoms with Crippen LogP contribution in [0.25, 0.3) is 0 Å². The SMILES string of the molecule is C[C@H](N)C(=O)N[C@H]1CC[C@H]2CC[C@@H](C(=O)N[C@@H](C)Cc3ccccc3)N2C1=O. The van der Waals surface area contributed by atoms with E-state index in [1.807, 2.05) is 37.3 Å². The monoisotopic (exact) mass is 386 g/mol. The van der Waals surface area contributed by atoms with Gasteiger partial charge < -0.3 is 21.3 Å². The molecule has 3 amide bonds. The van der Waals surface area contributed by atoms with Crippen molar-refractivity contribution in [1.82, 2.24) is 15.5 Å². The Hall–Kier alpha value is -2.41. The first-order chi connectivity index (χ1) is 13.4. The summed E-state index contributed by atoms with van der Waals surface area (Å²) in [6, 6.07) is 8.33. The summed E-state index contributed by atoms with van der Waals surface area (Å²) in [5.74, 6) is -0.620. The van der Waals surface area contributed by atoms with Crippen LogP contribution in [0.3, 0.4) is 0 Å². The third-order valence-corrected chi connectivity index (χ3v) is 5.65. The van der Waals surface area contributed by atoms with Crippen LogP contribution < -0.4 is 16.4 Å². The zero-order valence-corrected chi connectivity index (χ0v) is 16.6. The number of rotatable bonds is 6. The number of hydrogen-bond donors (Lipinski definition) is 3. The average molecular weight is 386 g/mol. The summed E-state index contributed by atoms with van der Waals surface area (Å²) >= 11 is 0. The molecule has 1 aromatic carbocycles. The van der Waals surface area contributed by atoms with Crippen LogP contribution in [0.2, 0.25) is 0 Å². The molecule has 0 aromatic heterocycles. The summed E-state index contributed by atoms with van der Waals surface area (Å²) in [6.45, 7) is 3.56. The van der Waals surface area contributed by atoms with Crippen LogP contribution >= 0.6 is 0 Å². The highest BCUT2D eigenvalue weighted by atomic mass is 16.2. The largest absolute Gasteiger partial charge is 0.352 e. The van der Waals surface area contributed by atoms with Crippen LogP contribution in [-0.4, -0.2) is 52.8 Å². The van der Waals surface area contributed by atoms with Crippen LogP contribution in [0.1, 0.15) is 45.1 Å². The maximum absolute atomic E-state index is 12.9. The summed E-state index contributed by atoms with van der Waals surface area (Å²) in [4.78, 5) is 39.4. The summed E-state index contributed by atoms with van der Waals surface area (Å²) in [6.07, 6.45) is 3.61. The van der Waals surface area contributed by atoms with Gasteiger partial charge in [0.2, 0.25) is 17.7 Å². The van der Waals surface area contributed by atoms with Crippen molar-refractivity contribution in [3.8, 4) is 0 Å². The first-order valence-corrected chi connectivity index (χ1v) is 10.1. The lowest BCUT2D eigenvalue weighted by molar-refractivity contribution is -0.146. The van der Waals surface area contributed by atoms with E-state index in [0.717, 1.165) is 24.8 Å². The van der Waals surface area contributed by atoms with E-state index < -0.39 is 18.1 Å². The van der Waals surface area contributed by atoms with E-state index in [0.29, 0.717) is 12.8 Å². The van der Waals surface area contributed by atoms with Gasteiger partial charge in [-0.05, 0) is 51.5 Å². The van der Waals surface area contributed by atoms with Crippen molar-refractivity contribution < 1.29 is 14.4 Å². The second kappa shape index (κ2) is 8.73. The van der Waals surface area contributed by atoms with E-state index in [9.17, 15) is 14.4 Å². The van der Waals surface area contributed by atoms with Crippen LogP contribution in [0.15, 0.2) is 30.3 Å². The summed E-state index contributed by atoms with van der Waals surface area (Å²) in [5, 5.41) is 5.78. The lowest BCUT2D eigenvalue weighted by Gasteiger charge is -2.38. The third kappa shape index (κ3) is 4.52. The fourth-order valence-electron chi connectivity index (χ4n) is 4.21. The summed E-state index contributed by atoms with van der Waals surface area (Å²) < 4.78 is 0. The van der Waals surface area contributed by atoms with E-state index >= 15 is 0 Å². The fraction of sp³-hybridized carbons (Fsp3) is 0.571. The van der Waals surface area contributed by atoms with Gasteiger partial charge in [-0.15, -0.1) is 0 Å². The molecule has 0 radical (unpaired) electrons. The zero-order chi connectivity index (χ0) is 20.3. The molecule has 28 heavy (non-hydrogen) atoms. The Morgan fingerprint density at radius 1 is 1.14 bits per heavy atom. The molecule has 5 atom stereocenters. The molecule has 3 rings (SSSR count). The normalized spacial score (nSPS) is 26.3. The Balaban J connectivity index is 1.61. The van der Waals surface area contributed by atoms with E-state index in [2.05, 4.69) is 10.6 Å². The van der Waals surface area contributed by atoms with E-state index in [4.69, 9.17) is 5.73 Å². The molecule has 7 heteroatoms. The molecule has 0 bridgehead atoms. The number of nitrogens with zero attached hydrogens (tertiary/aromatic N) is 1. The van der Waals surface area contributed by atoms with E-state index in [1.165, 1.54) is 0 Å². The van der Waals surface area contributed by atoms with E-state index in [-0.39, 0.29) is 29.8 Å². The number of benzene rings is 1. The minimum Gasteiger partial charge on any atom is -0.352 e. The molecule has 0 spiro atoms. The highest BCUT2D eigenvalue weighted by Crippen LogP contribution is 2.32. The first kappa shape index (κ1) is 20.3. The second-order valence-electron chi connectivity index (χ2n) is 8.02. The molecule has 2 aliphatic heterocycles. The number of nitrogens with two attached hydrogens (primary N) is 1. The van der Waals surface area contributed by atoms with Gasteiger partial charge in [0, 0.05) is 12.1 Å². The standard InChI is InChI=1S/C21H30N4O3/c1-13(12-15-6-4-3-5-7-15)23-20(27)18-11-9-16-8-10-17(21(28)25(16)18)24-19(26)14(2)22/h3-7,13-14,16-18H,8-12,22H2,1-2H3,(H,23,27)(H,24,26)/t13-,14-,16-,17-,18-/m0/s1. The Labute approximate surface area is 166 Å². The van der Waals surface area contributed by atoms with Crippen LogP contribution in [-0.2, 0) is 20.8 Å². The summed E-state index contributed by atoms with van der Waals surface area (Å²) in [5.41, 5.74) is 6.76. The highest BCUT2D eigenvalue weighted by molar-refractivity contribution is 5.94. The number of hydrogen-bond acceptors (Lipinski definition) is 4. The van der Waals surface area contributed by atoms with E-state index in [1.54, 1.807) is 11.8 Å². The molecule has 0 unspecified atom stereocenters.